The van der Waals surface area contributed by atoms with Crippen LogP contribution in [-0.2, 0) is 16.1 Å². The Morgan fingerprint density at radius 2 is 2.20 bits per heavy atom. The molecule has 110 valence electrons. The van der Waals surface area contributed by atoms with Gasteiger partial charge < -0.3 is 4.74 Å². The molecule has 0 unspecified atom stereocenters. The second-order valence-corrected chi connectivity index (χ2v) is 5.14. The van der Waals surface area contributed by atoms with Crippen LogP contribution in [0.4, 0.5) is 5.69 Å². The zero-order chi connectivity index (χ0) is 15.1. The number of rotatable bonds is 7. The summed E-state index contributed by atoms with van der Waals surface area (Å²) in [5.41, 5.74) is 0.709. The van der Waals surface area contributed by atoms with E-state index < -0.39 is 4.92 Å². The minimum atomic E-state index is -0.395. The minimum absolute atomic E-state index is 0.0795. The summed E-state index contributed by atoms with van der Waals surface area (Å²) in [6.45, 7) is 3.58. The molecule has 0 amide bonds. The molecule has 0 aromatic heterocycles. The molecule has 6 nitrogen and oxygen atoms in total. The van der Waals surface area contributed by atoms with E-state index in [0.29, 0.717) is 29.7 Å². The molecule has 0 aliphatic carbocycles. The number of carbonyl (C=O) groups excluding carboxylic acids is 1. The molecule has 0 aliphatic rings. The lowest BCUT2D eigenvalue weighted by Crippen LogP contribution is -2.26. The standard InChI is InChI=1S/C13H17BrN2O4/c1-3-15(7-6-13(17)20-2)9-10-4-5-11(14)8-12(10)16(18)19/h4-5,8H,3,6-7,9H2,1-2H3. The summed E-state index contributed by atoms with van der Waals surface area (Å²) in [4.78, 5) is 23.8. The zero-order valence-electron chi connectivity index (χ0n) is 11.5. The van der Waals surface area contributed by atoms with Crippen molar-refractivity contribution in [3.05, 3.63) is 38.3 Å². The fourth-order valence-electron chi connectivity index (χ4n) is 1.78. The highest BCUT2D eigenvalue weighted by Crippen LogP contribution is 2.24. The van der Waals surface area contributed by atoms with E-state index in [1.807, 2.05) is 11.8 Å². The van der Waals surface area contributed by atoms with Crippen LogP contribution >= 0.6 is 15.9 Å². The van der Waals surface area contributed by atoms with Crippen molar-refractivity contribution in [2.45, 2.75) is 19.9 Å². The van der Waals surface area contributed by atoms with Crippen molar-refractivity contribution >= 4 is 27.6 Å². The van der Waals surface area contributed by atoms with Gasteiger partial charge in [-0.2, -0.15) is 0 Å². The maximum Gasteiger partial charge on any atom is 0.306 e. The summed E-state index contributed by atoms with van der Waals surface area (Å²) in [5.74, 6) is -0.284. The van der Waals surface area contributed by atoms with Crippen LogP contribution in [0.2, 0.25) is 0 Å². The molecule has 1 aromatic rings. The van der Waals surface area contributed by atoms with Gasteiger partial charge in [0, 0.05) is 29.2 Å². The Bertz CT molecular complexity index is 493. The summed E-state index contributed by atoms with van der Waals surface area (Å²) in [6.07, 6.45) is 0.272. The molecule has 0 fully saturated rings. The highest BCUT2D eigenvalue weighted by molar-refractivity contribution is 9.10. The highest BCUT2D eigenvalue weighted by atomic mass is 79.9. The van der Waals surface area contributed by atoms with Crippen molar-refractivity contribution in [3.8, 4) is 0 Å². The molecule has 0 saturated heterocycles. The third kappa shape index (κ3) is 4.90. The smallest absolute Gasteiger partial charge is 0.306 e. The summed E-state index contributed by atoms with van der Waals surface area (Å²) < 4.78 is 5.26. The summed E-state index contributed by atoms with van der Waals surface area (Å²) >= 11 is 3.23. The summed E-state index contributed by atoms with van der Waals surface area (Å²) in [6, 6.07) is 4.99. The lowest BCUT2D eigenvalue weighted by molar-refractivity contribution is -0.385. The first kappa shape index (κ1) is 16.6. The van der Waals surface area contributed by atoms with Crippen molar-refractivity contribution in [2.24, 2.45) is 0 Å². The number of hydrogen-bond donors (Lipinski definition) is 0. The number of hydrogen-bond acceptors (Lipinski definition) is 5. The van der Waals surface area contributed by atoms with Crippen LogP contribution in [0.25, 0.3) is 0 Å². The van der Waals surface area contributed by atoms with Gasteiger partial charge in [-0.05, 0) is 18.7 Å². The number of methoxy groups -OCH3 is 1. The number of nitro groups is 1. The third-order valence-corrected chi connectivity index (χ3v) is 3.44. The van der Waals surface area contributed by atoms with Gasteiger partial charge in [-0.25, -0.2) is 0 Å². The van der Waals surface area contributed by atoms with Crippen LogP contribution in [0, 0.1) is 10.1 Å². The maximum atomic E-state index is 11.1. The fraction of sp³-hybridized carbons (Fsp3) is 0.462. The van der Waals surface area contributed by atoms with E-state index in [0.717, 1.165) is 0 Å². The van der Waals surface area contributed by atoms with Crippen molar-refractivity contribution in [1.82, 2.24) is 4.90 Å². The van der Waals surface area contributed by atoms with Gasteiger partial charge in [0.2, 0.25) is 0 Å². The van der Waals surface area contributed by atoms with Crippen molar-refractivity contribution in [2.75, 3.05) is 20.2 Å². The molecule has 0 aliphatic heterocycles. The molecular formula is C13H17BrN2O4. The number of nitrogens with zero attached hydrogens (tertiary/aromatic N) is 2. The molecule has 0 saturated carbocycles. The number of halogens is 1. The van der Waals surface area contributed by atoms with E-state index in [2.05, 4.69) is 20.7 Å². The van der Waals surface area contributed by atoms with Crippen LogP contribution < -0.4 is 0 Å². The Morgan fingerprint density at radius 3 is 2.75 bits per heavy atom. The fourth-order valence-corrected chi connectivity index (χ4v) is 2.13. The molecule has 0 bridgehead atoms. The Hall–Kier alpha value is -1.47. The number of ether oxygens (including phenoxy) is 1. The maximum absolute atomic E-state index is 11.1. The van der Waals surface area contributed by atoms with E-state index in [1.165, 1.54) is 13.2 Å². The lowest BCUT2D eigenvalue weighted by atomic mass is 10.1. The second-order valence-electron chi connectivity index (χ2n) is 4.23. The van der Waals surface area contributed by atoms with E-state index in [-0.39, 0.29) is 18.1 Å². The van der Waals surface area contributed by atoms with Crippen molar-refractivity contribution in [1.29, 1.82) is 0 Å². The van der Waals surface area contributed by atoms with Crippen molar-refractivity contribution < 1.29 is 14.5 Å². The van der Waals surface area contributed by atoms with Gasteiger partial charge in [-0.3, -0.25) is 19.8 Å². The minimum Gasteiger partial charge on any atom is -0.469 e. The molecule has 0 N–H and O–H groups in total. The predicted octanol–water partition coefficient (Wildman–Crippen LogP) is 2.74. The predicted molar refractivity (Wildman–Crippen MR) is 78.4 cm³/mol. The topological polar surface area (TPSA) is 72.7 Å². The monoisotopic (exact) mass is 344 g/mol. The van der Waals surface area contributed by atoms with Crippen LogP contribution in [-0.4, -0.2) is 36.0 Å². The van der Waals surface area contributed by atoms with Crippen LogP contribution in [0.3, 0.4) is 0 Å². The number of carbonyl (C=O) groups is 1. The van der Waals surface area contributed by atoms with Gasteiger partial charge in [-0.15, -0.1) is 0 Å². The zero-order valence-corrected chi connectivity index (χ0v) is 13.1. The summed E-state index contributed by atoms with van der Waals surface area (Å²) in [5, 5.41) is 11.0. The van der Waals surface area contributed by atoms with Crippen LogP contribution in [0.15, 0.2) is 22.7 Å². The van der Waals surface area contributed by atoms with Gasteiger partial charge in [0.05, 0.1) is 18.5 Å². The van der Waals surface area contributed by atoms with E-state index >= 15 is 0 Å². The molecule has 0 spiro atoms. The first-order valence-electron chi connectivity index (χ1n) is 6.20. The first-order valence-corrected chi connectivity index (χ1v) is 6.99. The average Bonchev–Trinajstić information content (AvgIpc) is 2.44. The molecule has 20 heavy (non-hydrogen) atoms. The molecule has 1 rings (SSSR count). The van der Waals surface area contributed by atoms with Gasteiger partial charge in [0.1, 0.15) is 0 Å². The number of esters is 1. The van der Waals surface area contributed by atoms with E-state index in [1.54, 1.807) is 12.1 Å². The van der Waals surface area contributed by atoms with Gasteiger partial charge in [0.15, 0.2) is 0 Å². The van der Waals surface area contributed by atoms with Crippen LogP contribution in [0.5, 0.6) is 0 Å². The van der Waals surface area contributed by atoms with Gasteiger partial charge >= 0.3 is 5.97 Å². The summed E-state index contributed by atoms with van der Waals surface area (Å²) in [7, 11) is 1.35. The largest absolute Gasteiger partial charge is 0.469 e. The third-order valence-electron chi connectivity index (χ3n) is 2.95. The quantitative estimate of drug-likeness (QED) is 0.432. The van der Waals surface area contributed by atoms with Gasteiger partial charge in [-0.1, -0.05) is 22.9 Å². The molecule has 7 heteroatoms. The van der Waals surface area contributed by atoms with E-state index in [4.69, 9.17) is 0 Å². The number of benzene rings is 1. The normalized spacial score (nSPS) is 10.6. The SMILES string of the molecule is CCN(CCC(=O)OC)Cc1ccc(Br)cc1[N+](=O)[O-]. The second kappa shape index (κ2) is 7.96. The molecule has 0 heterocycles. The highest BCUT2D eigenvalue weighted by Gasteiger charge is 2.17. The Kier molecular flexibility index (Phi) is 6.60. The van der Waals surface area contributed by atoms with Crippen LogP contribution in [0.1, 0.15) is 18.9 Å². The van der Waals surface area contributed by atoms with E-state index in [9.17, 15) is 14.9 Å². The Morgan fingerprint density at radius 1 is 1.50 bits per heavy atom. The number of nitro benzene ring substituents is 1. The van der Waals surface area contributed by atoms with Gasteiger partial charge in [0.25, 0.3) is 5.69 Å². The average molecular weight is 345 g/mol. The lowest BCUT2D eigenvalue weighted by Gasteiger charge is -2.19. The molecular weight excluding hydrogens is 328 g/mol. The molecule has 0 atom stereocenters. The Labute approximate surface area is 126 Å². The first-order chi connectivity index (χ1) is 9.47. The Balaban J connectivity index is 2.79. The molecule has 1 aromatic carbocycles. The molecule has 0 radical (unpaired) electrons. The van der Waals surface area contributed by atoms with Crippen molar-refractivity contribution in [3.63, 3.8) is 0 Å².